The van der Waals surface area contributed by atoms with Crippen molar-refractivity contribution in [1.82, 2.24) is 9.97 Å². The number of hydrogen-bond acceptors (Lipinski definition) is 4. The topological polar surface area (TPSA) is 75.1 Å². The molecule has 5 nitrogen and oxygen atoms in total. The number of hydrogen-bond donors (Lipinski definition) is 2. The minimum atomic E-state index is -1.03. The van der Waals surface area contributed by atoms with Crippen LogP contribution in [0.4, 0.5) is 5.82 Å². The van der Waals surface area contributed by atoms with Crippen LogP contribution in [0.2, 0.25) is 0 Å². The van der Waals surface area contributed by atoms with Gasteiger partial charge in [0, 0.05) is 12.6 Å². The quantitative estimate of drug-likeness (QED) is 0.907. The Morgan fingerprint density at radius 2 is 1.73 bits per heavy atom. The van der Waals surface area contributed by atoms with Gasteiger partial charge in [-0.2, -0.15) is 0 Å². The molecule has 0 saturated carbocycles. The van der Waals surface area contributed by atoms with E-state index >= 15 is 0 Å². The van der Waals surface area contributed by atoms with Crippen LogP contribution in [0.3, 0.4) is 0 Å². The monoisotopic (exact) mass is 299 g/mol. The van der Waals surface area contributed by atoms with Crippen molar-refractivity contribution in [2.75, 3.05) is 12.4 Å². The molecule has 1 aromatic carbocycles. The van der Waals surface area contributed by atoms with Gasteiger partial charge in [-0.05, 0) is 17.9 Å². The van der Waals surface area contributed by atoms with Crippen LogP contribution in [0.5, 0.6) is 0 Å². The molecule has 116 valence electrons. The summed E-state index contributed by atoms with van der Waals surface area (Å²) in [5.41, 5.74) is 2.73. The van der Waals surface area contributed by atoms with Crippen molar-refractivity contribution in [3.05, 3.63) is 41.1 Å². The summed E-state index contributed by atoms with van der Waals surface area (Å²) in [6, 6.07) is 8.04. The molecule has 0 aliphatic carbocycles. The van der Waals surface area contributed by atoms with Gasteiger partial charge in [-0.1, -0.05) is 45.0 Å². The zero-order valence-electron chi connectivity index (χ0n) is 13.6. The number of aromatic carboxylic acids is 1. The second-order valence-electron chi connectivity index (χ2n) is 6.24. The van der Waals surface area contributed by atoms with Gasteiger partial charge < -0.3 is 10.4 Å². The average Bonchev–Trinajstić information content (AvgIpc) is 2.45. The molecule has 0 atom stereocenters. The first-order chi connectivity index (χ1) is 10.2. The number of carboxylic acid groups (broad SMARTS) is 1. The second kappa shape index (κ2) is 5.75. The van der Waals surface area contributed by atoms with E-state index in [-0.39, 0.29) is 11.0 Å². The summed E-state index contributed by atoms with van der Waals surface area (Å²) in [5, 5.41) is 12.1. The second-order valence-corrected chi connectivity index (χ2v) is 6.24. The molecule has 0 aliphatic heterocycles. The minimum Gasteiger partial charge on any atom is -0.477 e. The van der Waals surface area contributed by atoms with E-state index < -0.39 is 5.97 Å². The van der Waals surface area contributed by atoms with Crippen molar-refractivity contribution in [2.45, 2.75) is 33.1 Å². The number of carbonyl (C=O) groups is 1. The lowest BCUT2D eigenvalue weighted by Crippen LogP contribution is -2.11. The molecule has 2 aromatic rings. The highest BCUT2D eigenvalue weighted by molar-refractivity contribution is 5.94. The van der Waals surface area contributed by atoms with E-state index in [2.05, 4.69) is 48.2 Å². The van der Waals surface area contributed by atoms with E-state index in [4.69, 9.17) is 0 Å². The van der Waals surface area contributed by atoms with Gasteiger partial charge in [0.25, 0.3) is 0 Å². The molecule has 1 heterocycles. The van der Waals surface area contributed by atoms with Crippen LogP contribution in [0.15, 0.2) is 24.3 Å². The standard InChI is InChI=1S/C17H21N3O2/c1-10-13(16(21)22)15(18-5)20-14(19-10)11-6-8-12(9-7-11)17(2,3)4/h6-9H,1-5H3,(H,21,22)(H,18,19,20). The first-order valence-electron chi connectivity index (χ1n) is 7.14. The lowest BCUT2D eigenvalue weighted by Gasteiger charge is -2.19. The van der Waals surface area contributed by atoms with E-state index in [1.165, 1.54) is 5.56 Å². The van der Waals surface area contributed by atoms with Crippen LogP contribution in [0, 0.1) is 6.92 Å². The fraction of sp³-hybridized carbons (Fsp3) is 0.353. The smallest absolute Gasteiger partial charge is 0.341 e. The number of benzene rings is 1. The van der Waals surface area contributed by atoms with Crippen molar-refractivity contribution >= 4 is 11.8 Å². The van der Waals surface area contributed by atoms with Gasteiger partial charge in [-0.3, -0.25) is 0 Å². The number of rotatable bonds is 3. The largest absolute Gasteiger partial charge is 0.477 e. The highest BCUT2D eigenvalue weighted by Gasteiger charge is 2.18. The minimum absolute atomic E-state index is 0.0819. The Kier molecular flexibility index (Phi) is 4.17. The van der Waals surface area contributed by atoms with E-state index in [1.54, 1.807) is 14.0 Å². The fourth-order valence-electron chi connectivity index (χ4n) is 2.26. The summed E-state index contributed by atoms with van der Waals surface area (Å²) in [5.74, 6) is -0.182. The zero-order valence-corrected chi connectivity index (χ0v) is 13.6. The van der Waals surface area contributed by atoms with Gasteiger partial charge >= 0.3 is 5.97 Å². The lowest BCUT2D eigenvalue weighted by molar-refractivity contribution is 0.0696. The summed E-state index contributed by atoms with van der Waals surface area (Å²) < 4.78 is 0. The molecule has 2 rings (SSSR count). The molecule has 0 spiro atoms. The third kappa shape index (κ3) is 3.08. The summed E-state index contributed by atoms with van der Waals surface area (Å²) in [4.78, 5) is 19.9. The number of nitrogens with one attached hydrogen (secondary N) is 1. The van der Waals surface area contributed by atoms with Crippen molar-refractivity contribution in [1.29, 1.82) is 0 Å². The molecule has 0 amide bonds. The van der Waals surface area contributed by atoms with Crippen molar-refractivity contribution in [3.63, 3.8) is 0 Å². The first-order valence-corrected chi connectivity index (χ1v) is 7.14. The van der Waals surface area contributed by atoms with Crippen LogP contribution in [-0.2, 0) is 5.41 Å². The maximum Gasteiger partial charge on any atom is 0.341 e. The molecule has 0 unspecified atom stereocenters. The normalized spacial score (nSPS) is 11.3. The van der Waals surface area contributed by atoms with Gasteiger partial charge in [-0.15, -0.1) is 0 Å². The number of carboxylic acids is 1. The number of aryl methyl sites for hydroxylation is 1. The molecule has 0 bridgehead atoms. The van der Waals surface area contributed by atoms with Crippen LogP contribution in [0.1, 0.15) is 42.4 Å². The molecule has 0 radical (unpaired) electrons. The van der Waals surface area contributed by atoms with Crippen molar-refractivity contribution in [3.8, 4) is 11.4 Å². The molecule has 0 aliphatic rings. The van der Waals surface area contributed by atoms with Crippen LogP contribution in [0.25, 0.3) is 11.4 Å². The van der Waals surface area contributed by atoms with Crippen LogP contribution < -0.4 is 5.32 Å². The van der Waals surface area contributed by atoms with Crippen molar-refractivity contribution in [2.24, 2.45) is 0 Å². The molecule has 22 heavy (non-hydrogen) atoms. The predicted octanol–water partition coefficient (Wildman–Crippen LogP) is 3.49. The molecule has 5 heteroatoms. The number of nitrogens with zero attached hydrogens (tertiary/aromatic N) is 2. The number of anilines is 1. The van der Waals surface area contributed by atoms with Crippen molar-refractivity contribution < 1.29 is 9.90 Å². The van der Waals surface area contributed by atoms with Gasteiger partial charge in [0.2, 0.25) is 0 Å². The molecule has 2 N–H and O–H groups in total. The highest BCUT2D eigenvalue weighted by Crippen LogP contribution is 2.26. The fourth-order valence-corrected chi connectivity index (χ4v) is 2.26. The van der Waals surface area contributed by atoms with E-state index in [9.17, 15) is 9.90 Å². The maximum absolute atomic E-state index is 11.3. The van der Waals surface area contributed by atoms with Crippen LogP contribution >= 0.6 is 0 Å². The van der Waals surface area contributed by atoms with E-state index in [1.807, 2.05) is 12.1 Å². The Balaban J connectivity index is 2.50. The number of aromatic nitrogens is 2. The molecular formula is C17H21N3O2. The summed E-state index contributed by atoms with van der Waals surface area (Å²) >= 11 is 0. The van der Waals surface area contributed by atoms with Gasteiger partial charge in [0.15, 0.2) is 5.82 Å². The van der Waals surface area contributed by atoms with Gasteiger partial charge in [-0.25, -0.2) is 14.8 Å². The zero-order chi connectivity index (χ0) is 16.5. The van der Waals surface area contributed by atoms with Gasteiger partial charge in [0.1, 0.15) is 11.4 Å². The Hall–Kier alpha value is -2.43. The third-order valence-corrected chi connectivity index (χ3v) is 3.55. The maximum atomic E-state index is 11.3. The Morgan fingerprint density at radius 1 is 1.14 bits per heavy atom. The predicted molar refractivity (Wildman–Crippen MR) is 87.4 cm³/mol. The molecule has 0 saturated heterocycles. The SMILES string of the molecule is CNc1nc(-c2ccc(C(C)(C)C)cc2)nc(C)c1C(=O)O. The molecule has 1 aromatic heterocycles. The summed E-state index contributed by atoms with van der Waals surface area (Å²) in [7, 11) is 1.65. The summed E-state index contributed by atoms with van der Waals surface area (Å²) in [6.45, 7) is 8.15. The Morgan fingerprint density at radius 3 is 2.18 bits per heavy atom. The first kappa shape index (κ1) is 15.9. The lowest BCUT2D eigenvalue weighted by atomic mass is 9.86. The van der Waals surface area contributed by atoms with E-state index in [0.29, 0.717) is 17.3 Å². The Labute approximate surface area is 130 Å². The highest BCUT2D eigenvalue weighted by atomic mass is 16.4. The molecular weight excluding hydrogens is 278 g/mol. The van der Waals surface area contributed by atoms with Crippen LogP contribution in [-0.4, -0.2) is 28.1 Å². The average molecular weight is 299 g/mol. The third-order valence-electron chi connectivity index (χ3n) is 3.55. The summed E-state index contributed by atoms with van der Waals surface area (Å²) in [6.07, 6.45) is 0. The Bertz CT molecular complexity index is 701. The molecule has 0 fully saturated rings. The van der Waals surface area contributed by atoms with E-state index in [0.717, 1.165) is 5.56 Å². The van der Waals surface area contributed by atoms with Gasteiger partial charge in [0.05, 0.1) is 5.69 Å².